The predicted molar refractivity (Wildman–Crippen MR) is 149 cm³/mol. The van der Waals surface area contributed by atoms with E-state index in [1.807, 2.05) is 12.1 Å². The normalized spacial score (nSPS) is 14.3. The standard InChI is InChI=1S/C26H32ClFN8O3/c1-15-22(27)17(13-18(29)23(15)28)24(37)30-19-12-16(6-7-20(19)35-10-8-34(5)9-11-35)36-14-21(32-33-36)31-25(38)39-26(2,3)4/h6-7,12-14H,8-11,29H2,1-5H3,(H,30,37)(H,31,38). The van der Waals surface area contributed by atoms with Gasteiger partial charge in [-0.1, -0.05) is 16.8 Å². The number of aromatic nitrogens is 3. The van der Waals surface area contributed by atoms with Gasteiger partial charge in [-0.15, -0.1) is 5.10 Å². The Morgan fingerprint density at radius 2 is 1.82 bits per heavy atom. The summed E-state index contributed by atoms with van der Waals surface area (Å²) in [5, 5.41) is 13.5. The first kappa shape index (κ1) is 28.1. The lowest BCUT2D eigenvalue weighted by molar-refractivity contribution is 0.0635. The van der Waals surface area contributed by atoms with E-state index >= 15 is 0 Å². The molecule has 1 saturated heterocycles. The van der Waals surface area contributed by atoms with Crippen LogP contribution in [0.4, 0.5) is 32.1 Å². The van der Waals surface area contributed by atoms with Gasteiger partial charge in [0.2, 0.25) is 0 Å². The maximum Gasteiger partial charge on any atom is 0.413 e. The molecule has 0 radical (unpaired) electrons. The fraction of sp³-hybridized carbons (Fsp3) is 0.385. The molecule has 0 spiro atoms. The van der Waals surface area contributed by atoms with Crippen molar-refractivity contribution >= 4 is 46.5 Å². The van der Waals surface area contributed by atoms with Crippen molar-refractivity contribution in [3.8, 4) is 5.69 Å². The van der Waals surface area contributed by atoms with Crippen molar-refractivity contribution < 1.29 is 18.7 Å². The summed E-state index contributed by atoms with van der Waals surface area (Å²) < 4.78 is 20.9. The van der Waals surface area contributed by atoms with E-state index in [0.717, 1.165) is 31.9 Å². The lowest BCUT2D eigenvalue weighted by atomic mass is 10.1. The van der Waals surface area contributed by atoms with Gasteiger partial charge >= 0.3 is 6.09 Å². The van der Waals surface area contributed by atoms with Crippen LogP contribution in [0.15, 0.2) is 30.5 Å². The number of nitrogen functional groups attached to an aromatic ring is 1. The van der Waals surface area contributed by atoms with E-state index in [0.29, 0.717) is 11.4 Å². The molecule has 2 amide bonds. The van der Waals surface area contributed by atoms with Crippen LogP contribution in [0.3, 0.4) is 0 Å². The Balaban J connectivity index is 1.65. The molecule has 1 aromatic heterocycles. The number of rotatable bonds is 5. The summed E-state index contributed by atoms with van der Waals surface area (Å²) in [7, 11) is 2.06. The van der Waals surface area contributed by atoms with E-state index in [4.69, 9.17) is 22.1 Å². The Hall–Kier alpha value is -3.90. The minimum Gasteiger partial charge on any atom is -0.444 e. The van der Waals surface area contributed by atoms with Crippen LogP contribution in [-0.4, -0.2) is 70.7 Å². The minimum atomic E-state index is -0.664. The van der Waals surface area contributed by atoms with E-state index in [-0.39, 0.29) is 27.7 Å². The van der Waals surface area contributed by atoms with Gasteiger partial charge in [0, 0.05) is 31.7 Å². The molecule has 3 aromatic rings. The highest BCUT2D eigenvalue weighted by Crippen LogP contribution is 2.32. The minimum absolute atomic E-state index is 0.00867. The second-order valence-corrected chi connectivity index (χ2v) is 10.8. The molecule has 11 nitrogen and oxygen atoms in total. The van der Waals surface area contributed by atoms with Gasteiger partial charge in [0.15, 0.2) is 11.6 Å². The monoisotopic (exact) mass is 558 g/mol. The highest BCUT2D eigenvalue weighted by atomic mass is 35.5. The molecule has 0 saturated carbocycles. The lowest BCUT2D eigenvalue weighted by Gasteiger charge is -2.35. The highest BCUT2D eigenvalue weighted by molar-refractivity contribution is 6.35. The molecule has 1 fully saturated rings. The number of nitrogens with one attached hydrogen (secondary N) is 2. The van der Waals surface area contributed by atoms with Crippen LogP contribution >= 0.6 is 11.6 Å². The summed E-state index contributed by atoms with van der Waals surface area (Å²) in [5.74, 6) is -0.992. The van der Waals surface area contributed by atoms with Crippen LogP contribution in [0.25, 0.3) is 5.69 Å². The molecule has 0 unspecified atom stereocenters. The van der Waals surface area contributed by atoms with Gasteiger partial charge in [-0.2, -0.15) is 0 Å². The zero-order valence-electron chi connectivity index (χ0n) is 22.5. The summed E-state index contributed by atoms with van der Waals surface area (Å²) in [4.78, 5) is 29.8. The number of nitrogens with zero attached hydrogens (tertiary/aromatic N) is 5. The second-order valence-electron chi connectivity index (χ2n) is 10.4. The Kier molecular flexibility index (Phi) is 7.98. The number of benzene rings is 2. The molecule has 208 valence electrons. The van der Waals surface area contributed by atoms with Gasteiger partial charge in [0.25, 0.3) is 5.91 Å². The quantitative estimate of drug-likeness (QED) is 0.395. The van der Waals surface area contributed by atoms with Crippen LogP contribution < -0.4 is 21.3 Å². The van der Waals surface area contributed by atoms with E-state index < -0.39 is 23.4 Å². The first-order valence-corrected chi connectivity index (χ1v) is 12.8. The van der Waals surface area contributed by atoms with Crippen molar-refractivity contribution in [2.75, 3.05) is 54.5 Å². The van der Waals surface area contributed by atoms with Gasteiger partial charge < -0.3 is 25.6 Å². The number of amides is 2. The lowest BCUT2D eigenvalue weighted by Crippen LogP contribution is -2.44. The molecule has 2 heterocycles. The maximum atomic E-state index is 14.2. The Bertz CT molecular complexity index is 1400. The van der Waals surface area contributed by atoms with Gasteiger partial charge in [0.1, 0.15) is 5.60 Å². The number of carbonyl (C=O) groups is 2. The first-order valence-electron chi connectivity index (χ1n) is 12.4. The Morgan fingerprint density at radius 1 is 1.13 bits per heavy atom. The average Bonchev–Trinajstić information content (AvgIpc) is 3.32. The van der Waals surface area contributed by atoms with Crippen LogP contribution in [-0.2, 0) is 4.74 Å². The number of hydrogen-bond acceptors (Lipinski definition) is 8. The van der Waals surface area contributed by atoms with Gasteiger partial charge in [-0.05, 0) is 59.0 Å². The number of anilines is 4. The van der Waals surface area contributed by atoms with E-state index in [9.17, 15) is 14.0 Å². The van der Waals surface area contributed by atoms with Crippen molar-refractivity contribution in [1.29, 1.82) is 0 Å². The summed E-state index contributed by atoms with van der Waals surface area (Å²) in [6.45, 7) is 9.98. The van der Waals surface area contributed by atoms with Crippen LogP contribution in [0.2, 0.25) is 5.02 Å². The van der Waals surface area contributed by atoms with Crippen molar-refractivity contribution in [3.05, 3.63) is 52.4 Å². The third-order valence-electron chi connectivity index (χ3n) is 6.15. The molecule has 1 aliphatic rings. The van der Waals surface area contributed by atoms with Gasteiger partial charge in [0.05, 0.1) is 39.5 Å². The van der Waals surface area contributed by atoms with Crippen LogP contribution in [0, 0.1) is 12.7 Å². The van der Waals surface area contributed by atoms with Crippen molar-refractivity contribution in [3.63, 3.8) is 0 Å². The first-order chi connectivity index (χ1) is 18.3. The summed E-state index contributed by atoms with van der Waals surface area (Å²) in [6, 6.07) is 6.68. The van der Waals surface area contributed by atoms with Crippen LogP contribution in [0.5, 0.6) is 0 Å². The SMILES string of the molecule is Cc1c(F)c(N)cc(C(=O)Nc2cc(-n3cc(NC(=O)OC(C)(C)C)nn3)ccc2N2CCN(C)CC2)c1Cl. The topological polar surface area (TPSA) is 131 Å². The Morgan fingerprint density at radius 3 is 2.49 bits per heavy atom. The number of ether oxygens (including phenoxy) is 1. The maximum absolute atomic E-state index is 14.2. The Labute approximate surface area is 231 Å². The van der Waals surface area contributed by atoms with Crippen molar-refractivity contribution in [2.24, 2.45) is 0 Å². The van der Waals surface area contributed by atoms with Crippen molar-refractivity contribution in [1.82, 2.24) is 19.9 Å². The molecule has 39 heavy (non-hydrogen) atoms. The largest absolute Gasteiger partial charge is 0.444 e. The van der Waals surface area contributed by atoms with Crippen molar-refractivity contribution in [2.45, 2.75) is 33.3 Å². The highest BCUT2D eigenvalue weighted by Gasteiger charge is 2.23. The molecule has 2 aromatic carbocycles. The average molecular weight is 559 g/mol. The zero-order valence-corrected chi connectivity index (χ0v) is 23.3. The number of nitrogens with two attached hydrogens (primary N) is 1. The molecule has 4 N–H and O–H groups in total. The zero-order chi connectivity index (χ0) is 28.5. The molecule has 1 aliphatic heterocycles. The fourth-order valence-electron chi connectivity index (χ4n) is 4.10. The smallest absolute Gasteiger partial charge is 0.413 e. The van der Waals surface area contributed by atoms with E-state index in [1.165, 1.54) is 23.9 Å². The molecule has 0 aliphatic carbocycles. The molecule has 0 bridgehead atoms. The molecular formula is C26H32ClFN8O3. The van der Waals surface area contributed by atoms with Gasteiger partial charge in [-0.25, -0.2) is 13.9 Å². The van der Waals surface area contributed by atoms with E-state index in [1.54, 1.807) is 26.8 Å². The van der Waals surface area contributed by atoms with Crippen LogP contribution in [0.1, 0.15) is 36.7 Å². The summed E-state index contributed by atoms with van der Waals surface area (Å²) >= 11 is 6.31. The number of likely N-dealkylation sites (N-methyl/N-ethyl adjacent to an activating group) is 1. The number of halogens is 2. The molecule has 13 heteroatoms. The summed E-state index contributed by atoms with van der Waals surface area (Å²) in [5.41, 5.74) is 6.98. The second kappa shape index (κ2) is 11.1. The fourth-order valence-corrected chi connectivity index (χ4v) is 4.32. The predicted octanol–water partition coefficient (Wildman–Crippen LogP) is 4.30. The van der Waals surface area contributed by atoms with E-state index in [2.05, 4.69) is 37.8 Å². The molecular weight excluding hydrogens is 527 g/mol. The number of hydrogen-bond donors (Lipinski definition) is 3. The number of carbonyl (C=O) groups excluding carboxylic acids is 2. The third kappa shape index (κ3) is 6.58. The molecule has 4 rings (SSSR count). The van der Waals surface area contributed by atoms with Gasteiger partial charge in [-0.3, -0.25) is 10.1 Å². The number of piperazine rings is 1. The third-order valence-corrected chi connectivity index (χ3v) is 6.64. The molecule has 0 atom stereocenters. The summed E-state index contributed by atoms with van der Waals surface area (Å²) in [6.07, 6.45) is 0.875.